The average molecular weight is 585 g/mol. The predicted octanol–water partition coefficient (Wildman–Crippen LogP) is 5.95. The number of benzene rings is 3. The number of para-hydroxylation sites is 3. The normalized spacial score (nSPS) is 12.5. The molecule has 0 saturated heterocycles. The van der Waals surface area contributed by atoms with E-state index in [0.29, 0.717) is 0 Å². The molecule has 0 N–H and O–H groups in total. The van der Waals surface area contributed by atoms with Gasteiger partial charge in [0.15, 0.2) is 0 Å². The number of fused-ring (bicyclic) bond motifs is 3. The fourth-order valence-electron chi connectivity index (χ4n) is 3.49. The van der Waals surface area contributed by atoms with E-state index in [4.69, 9.17) is 0 Å². The van der Waals surface area contributed by atoms with Crippen LogP contribution in [0.25, 0.3) is 21.8 Å². The van der Waals surface area contributed by atoms with Crippen LogP contribution in [0, 0.1) is 6.67 Å². The summed E-state index contributed by atoms with van der Waals surface area (Å²) in [5.74, 6) is 0. The molecule has 0 spiro atoms. The first-order valence-corrected chi connectivity index (χ1v) is 9.84. The molecule has 5 heteroatoms. The quantitative estimate of drug-likeness (QED) is 0.190. The van der Waals surface area contributed by atoms with Gasteiger partial charge in [0.25, 0.3) is 0 Å². The van der Waals surface area contributed by atoms with Crippen molar-refractivity contribution in [3.05, 3.63) is 122 Å². The molecule has 2 aromatic heterocycles. The molecule has 5 aromatic rings. The molecule has 1 radical (unpaired) electrons. The van der Waals surface area contributed by atoms with Crippen molar-refractivity contribution in [1.29, 1.82) is 0 Å². The Morgan fingerprint density at radius 2 is 1.16 bits per heavy atom. The molecule has 0 amide bonds. The summed E-state index contributed by atoms with van der Waals surface area (Å²) >= 11 is 0. The van der Waals surface area contributed by atoms with Gasteiger partial charge in [0.05, 0.1) is 0 Å². The van der Waals surface area contributed by atoms with Gasteiger partial charge in [-0.15, -0.1) is 17.7 Å². The molecule has 0 fully saturated rings. The zero-order chi connectivity index (χ0) is 20.2. The zero-order valence-electron chi connectivity index (χ0n) is 16.6. The van der Waals surface area contributed by atoms with Crippen LogP contribution in [0.4, 0.5) is 11.4 Å². The van der Waals surface area contributed by atoms with Crippen molar-refractivity contribution in [1.82, 2.24) is 9.97 Å². The van der Waals surface area contributed by atoms with Crippen LogP contribution in [0.3, 0.4) is 0 Å². The average Bonchev–Trinajstić information content (AvgIpc) is 3.46. The van der Waals surface area contributed by atoms with E-state index in [-0.39, 0.29) is 22.4 Å². The maximum Gasteiger partial charge on any atom is 0.0272 e. The van der Waals surface area contributed by atoms with E-state index in [9.17, 15) is 0 Å². The van der Waals surface area contributed by atoms with E-state index >= 15 is 0 Å². The first-order chi connectivity index (χ1) is 14.9. The maximum absolute atomic E-state index is 4.45. The maximum atomic E-state index is 4.45. The molecule has 3 heterocycles. The summed E-state index contributed by atoms with van der Waals surface area (Å²) < 4.78 is 0. The molecule has 31 heavy (non-hydrogen) atoms. The number of hydrogen-bond acceptors (Lipinski definition) is 3. The van der Waals surface area contributed by atoms with Crippen LogP contribution < -0.4 is 14.8 Å². The molecule has 157 valence electrons. The summed E-state index contributed by atoms with van der Waals surface area (Å²) in [6.07, 6.45) is 7.72. The summed E-state index contributed by atoms with van der Waals surface area (Å²) in [7, 11) is 0. The van der Waals surface area contributed by atoms with Crippen molar-refractivity contribution in [3.63, 3.8) is 0 Å². The molecule has 0 atom stereocenters. The van der Waals surface area contributed by atoms with Crippen LogP contribution in [-0.2, 0) is 22.4 Å². The van der Waals surface area contributed by atoms with E-state index in [1.807, 2.05) is 60.7 Å². The van der Waals surface area contributed by atoms with Crippen molar-refractivity contribution in [3.8, 4) is 0 Å². The summed E-state index contributed by atoms with van der Waals surface area (Å²) in [5, 5.41) is 2.39. The SMILES string of the molecule is C1=CN(c2ccccc2)[CH-]N1c1ccccc1.[Au].c1ccc2c(c1)[n-]c1cnccc12. The minimum Gasteiger partial charge on any atom is -0.656 e. The third-order valence-corrected chi connectivity index (χ3v) is 4.98. The number of anilines is 2. The van der Waals surface area contributed by atoms with Crippen molar-refractivity contribution in [2.45, 2.75) is 0 Å². The van der Waals surface area contributed by atoms with Gasteiger partial charge >= 0.3 is 0 Å². The minimum absolute atomic E-state index is 0. The Hall–Kier alpha value is -3.31. The van der Waals surface area contributed by atoms with Gasteiger partial charge in [-0.25, -0.2) is 0 Å². The summed E-state index contributed by atoms with van der Waals surface area (Å²) in [6, 6.07) is 30.7. The topological polar surface area (TPSA) is 33.5 Å². The number of pyridine rings is 1. The summed E-state index contributed by atoms with van der Waals surface area (Å²) in [4.78, 5) is 12.7. The van der Waals surface area contributed by atoms with Gasteiger partial charge < -0.3 is 14.8 Å². The van der Waals surface area contributed by atoms with E-state index in [1.54, 1.807) is 12.4 Å². The van der Waals surface area contributed by atoms with E-state index in [0.717, 1.165) is 11.0 Å². The molecule has 0 aliphatic carbocycles. The number of hydrogen-bond donors (Lipinski definition) is 0. The standard InChI is InChI=1S/C15H13N2.C11H7N2.Au/c1-3-7-14(8-4-1)16-11-12-17(13-16)15-9-5-2-6-10-15;1-2-4-10-8(3-1)9-5-6-12-7-11(9)13-10;/h1-13H;1-7H;/q2*-1;. The fraction of sp³-hybridized carbons (Fsp3) is 0. The molecule has 0 unspecified atom stereocenters. The second kappa shape index (κ2) is 9.67. The molecule has 1 aliphatic rings. The second-order valence-corrected chi connectivity index (χ2v) is 6.92. The number of nitrogens with zero attached hydrogens (tertiary/aromatic N) is 4. The van der Waals surface area contributed by atoms with Crippen molar-refractivity contribution in [2.24, 2.45) is 0 Å². The predicted molar refractivity (Wildman–Crippen MR) is 124 cm³/mol. The van der Waals surface area contributed by atoms with Gasteiger partial charge in [0.1, 0.15) is 0 Å². The first kappa shape index (κ1) is 20.9. The third-order valence-electron chi connectivity index (χ3n) is 4.98. The van der Waals surface area contributed by atoms with Crippen molar-refractivity contribution >= 4 is 33.2 Å². The van der Waals surface area contributed by atoms with Gasteiger partial charge in [-0.1, -0.05) is 60.7 Å². The Kier molecular flexibility index (Phi) is 6.53. The Bertz CT molecular complexity index is 1180. The molecule has 3 aromatic carbocycles. The number of aromatic nitrogens is 2. The van der Waals surface area contributed by atoms with Gasteiger partial charge in [0.2, 0.25) is 0 Å². The molecule has 6 rings (SSSR count). The van der Waals surface area contributed by atoms with Crippen molar-refractivity contribution < 1.29 is 22.4 Å². The van der Waals surface area contributed by atoms with E-state index in [1.165, 1.54) is 22.1 Å². The molecular formula is C26H20AuN4-2. The van der Waals surface area contributed by atoms with E-state index in [2.05, 4.69) is 69.2 Å². The Labute approximate surface area is 197 Å². The Morgan fingerprint density at radius 3 is 1.81 bits per heavy atom. The Morgan fingerprint density at radius 1 is 0.613 bits per heavy atom. The van der Waals surface area contributed by atoms with Gasteiger partial charge in [-0.05, 0) is 53.5 Å². The summed E-state index contributed by atoms with van der Waals surface area (Å²) in [6.45, 7) is 2.07. The van der Waals surface area contributed by atoms with Gasteiger partial charge in [-0.3, -0.25) is 4.98 Å². The molecular weight excluding hydrogens is 565 g/mol. The van der Waals surface area contributed by atoms with E-state index < -0.39 is 0 Å². The smallest absolute Gasteiger partial charge is 0.0272 e. The van der Waals surface area contributed by atoms with Crippen LogP contribution in [0.1, 0.15) is 0 Å². The first-order valence-electron chi connectivity index (χ1n) is 9.84. The van der Waals surface area contributed by atoms with Gasteiger partial charge in [0, 0.05) is 46.1 Å². The Balaban J connectivity index is 0.000000149. The summed E-state index contributed by atoms with van der Waals surface area (Å²) in [5.41, 5.74) is 4.36. The van der Waals surface area contributed by atoms with Crippen LogP contribution in [0.2, 0.25) is 0 Å². The second-order valence-electron chi connectivity index (χ2n) is 6.92. The van der Waals surface area contributed by atoms with Crippen LogP contribution >= 0.6 is 0 Å². The van der Waals surface area contributed by atoms with Crippen molar-refractivity contribution in [2.75, 3.05) is 9.80 Å². The van der Waals surface area contributed by atoms with Gasteiger partial charge in [-0.2, -0.15) is 0 Å². The zero-order valence-corrected chi connectivity index (χ0v) is 18.8. The largest absolute Gasteiger partial charge is 0.656 e. The monoisotopic (exact) mass is 585 g/mol. The molecule has 0 bridgehead atoms. The van der Waals surface area contributed by atoms with Crippen LogP contribution in [0.15, 0.2) is 116 Å². The molecule has 4 nitrogen and oxygen atoms in total. The third kappa shape index (κ3) is 4.57. The molecule has 0 saturated carbocycles. The van der Waals surface area contributed by atoms with Crippen LogP contribution in [0.5, 0.6) is 0 Å². The van der Waals surface area contributed by atoms with Crippen LogP contribution in [-0.4, -0.2) is 4.98 Å². The number of rotatable bonds is 2. The molecule has 1 aliphatic heterocycles. The minimum atomic E-state index is 0. The fourth-order valence-corrected chi connectivity index (χ4v) is 3.49.